The van der Waals surface area contributed by atoms with Crippen molar-refractivity contribution in [3.63, 3.8) is 0 Å². The fourth-order valence-corrected chi connectivity index (χ4v) is 2.39. The number of halogens is 1. The first-order valence-electron chi connectivity index (χ1n) is 8.56. The van der Waals surface area contributed by atoms with Crippen LogP contribution in [0.25, 0.3) is 0 Å². The summed E-state index contributed by atoms with van der Waals surface area (Å²) in [6.07, 6.45) is 0. The van der Waals surface area contributed by atoms with Crippen LogP contribution in [-0.4, -0.2) is 42.4 Å². The highest BCUT2D eigenvalue weighted by molar-refractivity contribution is 5.97. The molecule has 2 amide bonds. The Hall–Kier alpha value is -3.22. The van der Waals surface area contributed by atoms with Gasteiger partial charge in [-0.2, -0.15) is 0 Å². The second-order valence-corrected chi connectivity index (χ2v) is 5.69. The zero-order valence-electron chi connectivity index (χ0n) is 15.2. The van der Waals surface area contributed by atoms with Gasteiger partial charge in [0.15, 0.2) is 6.61 Å². The van der Waals surface area contributed by atoms with Gasteiger partial charge in [-0.15, -0.1) is 0 Å². The molecule has 27 heavy (non-hydrogen) atoms. The van der Waals surface area contributed by atoms with Crippen LogP contribution in [0.3, 0.4) is 0 Å². The highest BCUT2D eigenvalue weighted by atomic mass is 19.1. The van der Waals surface area contributed by atoms with E-state index in [1.807, 2.05) is 13.8 Å². The van der Waals surface area contributed by atoms with Gasteiger partial charge in [-0.05, 0) is 62.4 Å². The van der Waals surface area contributed by atoms with Gasteiger partial charge in [0.25, 0.3) is 11.8 Å². The lowest BCUT2D eigenvalue weighted by Crippen LogP contribution is -2.30. The van der Waals surface area contributed by atoms with Gasteiger partial charge in [0.2, 0.25) is 0 Å². The molecular weight excluding hydrogens is 351 g/mol. The summed E-state index contributed by atoms with van der Waals surface area (Å²) in [6.45, 7) is 4.57. The van der Waals surface area contributed by atoms with Crippen LogP contribution in [0.2, 0.25) is 0 Å². The second kappa shape index (κ2) is 9.47. The van der Waals surface area contributed by atoms with E-state index in [1.165, 1.54) is 12.1 Å². The molecule has 2 aromatic rings. The molecule has 0 heterocycles. The molecule has 1 N–H and O–H groups in total. The van der Waals surface area contributed by atoms with Crippen LogP contribution < -0.4 is 5.32 Å². The van der Waals surface area contributed by atoms with Crippen LogP contribution in [0.1, 0.15) is 34.6 Å². The van der Waals surface area contributed by atoms with Crippen LogP contribution in [0, 0.1) is 5.82 Å². The molecule has 0 saturated carbocycles. The molecule has 0 fully saturated rings. The summed E-state index contributed by atoms with van der Waals surface area (Å²) < 4.78 is 17.7. The molecule has 0 aliphatic heterocycles. The number of carbonyl (C=O) groups is 3. The van der Waals surface area contributed by atoms with E-state index in [9.17, 15) is 18.8 Å². The molecule has 0 aliphatic rings. The molecule has 0 saturated heterocycles. The highest BCUT2D eigenvalue weighted by Crippen LogP contribution is 2.12. The third-order valence-corrected chi connectivity index (χ3v) is 3.88. The van der Waals surface area contributed by atoms with Crippen molar-refractivity contribution in [2.75, 3.05) is 25.0 Å². The molecule has 0 bridgehead atoms. The summed E-state index contributed by atoms with van der Waals surface area (Å²) in [5.74, 6) is -1.78. The van der Waals surface area contributed by atoms with Gasteiger partial charge in [0.05, 0.1) is 5.56 Å². The summed E-state index contributed by atoms with van der Waals surface area (Å²) >= 11 is 0. The third-order valence-electron chi connectivity index (χ3n) is 3.88. The van der Waals surface area contributed by atoms with Gasteiger partial charge < -0.3 is 15.0 Å². The van der Waals surface area contributed by atoms with Gasteiger partial charge >= 0.3 is 5.97 Å². The summed E-state index contributed by atoms with van der Waals surface area (Å²) in [7, 11) is 0. The van der Waals surface area contributed by atoms with E-state index in [1.54, 1.807) is 29.2 Å². The predicted molar refractivity (Wildman–Crippen MR) is 99.0 cm³/mol. The molecular formula is C20H21FN2O4. The normalized spacial score (nSPS) is 10.2. The maximum Gasteiger partial charge on any atom is 0.338 e. The van der Waals surface area contributed by atoms with E-state index in [4.69, 9.17) is 4.74 Å². The topological polar surface area (TPSA) is 75.7 Å². The zero-order valence-corrected chi connectivity index (χ0v) is 15.2. The minimum atomic E-state index is -0.717. The molecule has 0 aromatic heterocycles. The lowest BCUT2D eigenvalue weighted by Gasteiger charge is -2.18. The quantitative estimate of drug-likeness (QED) is 0.758. The highest BCUT2D eigenvalue weighted by Gasteiger charge is 2.13. The molecule has 2 rings (SSSR count). The summed E-state index contributed by atoms with van der Waals surface area (Å²) in [5.41, 5.74) is 1.16. The minimum absolute atomic E-state index is 0.0777. The Morgan fingerprint density at radius 3 is 2.04 bits per heavy atom. The number of nitrogens with zero attached hydrogens (tertiary/aromatic N) is 1. The van der Waals surface area contributed by atoms with E-state index < -0.39 is 24.3 Å². The minimum Gasteiger partial charge on any atom is -0.452 e. The average molecular weight is 372 g/mol. The van der Waals surface area contributed by atoms with Crippen LogP contribution >= 0.6 is 0 Å². The van der Waals surface area contributed by atoms with Crippen molar-refractivity contribution >= 4 is 23.5 Å². The number of hydrogen-bond donors (Lipinski definition) is 1. The van der Waals surface area contributed by atoms with Crippen molar-refractivity contribution in [1.29, 1.82) is 0 Å². The predicted octanol–water partition coefficient (Wildman–Crippen LogP) is 3.10. The lowest BCUT2D eigenvalue weighted by molar-refractivity contribution is -0.119. The van der Waals surface area contributed by atoms with Gasteiger partial charge in [0, 0.05) is 24.3 Å². The van der Waals surface area contributed by atoms with E-state index >= 15 is 0 Å². The van der Waals surface area contributed by atoms with E-state index in [0.717, 1.165) is 12.1 Å². The fraction of sp³-hybridized carbons (Fsp3) is 0.250. The van der Waals surface area contributed by atoms with Crippen molar-refractivity contribution in [1.82, 2.24) is 4.90 Å². The monoisotopic (exact) mass is 372 g/mol. The number of amides is 2. The van der Waals surface area contributed by atoms with Crippen molar-refractivity contribution in [3.8, 4) is 0 Å². The molecule has 142 valence electrons. The Kier molecular flexibility index (Phi) is 7.05. The molecule has 0 aliphatic carbocycles. The van der Waals surface area contributed by atoms with Gasteiger partial charge in [0.1, 0.15) is 5.82 Å². The second-order valence-electron chi connectivity index (χ2n) is 5.69. The Balaban J connectivity index is 1.87. The fourth-order valence-electron chi connectivity index (χ4n) is 2.39. The number of hydrogen-bond acceptors (Lipinski definition) is 4. The number of carbonyl (C=O) groups excluding carboxylic acids is 3. The van der Waals surface area contributed by atoms with Crippen LogP contribution in [0.5, 0.6) is 0 Å². The molecule has 2 aromatic carbocycles. The van der Waals surface area contributed by atoms with E-state index in [2.05, 4.69) is 5.32 Å². The third kappa shape index (κ3) is 5.64. The number of esters is 1. The lowest BCUT2D eigenvalue weighted by atomic mass is 10.2. The number of anilines is 1. The van der Waals surface area contributed by atoms with E-state index in [-0.39, 0.29) is 11.5 Å². The summed E-state index contributed by atoms with van der Waals surface area (Å²) in [6, 6.07) is 11.3. The maximum absolute atomic E-state index is 12.8. The Labute approximate surface area is 156 Å². The van der Waals surface area contributed by atoms with Crippen molar-refractivity contribution < 1.29 is 23.5 Å². The maximum atomic E-state index is 12.8. The van der Waals surface area contributed by atoms with Gasteiger partial charge in [-0.25, -0.2) is 9.18 Å². The first kappa shape index (κ1) is 20.1. The van der Waals surface area contributed by atoms with Crippen molar-refractivity contribution in [2.24, 2.45) is 0 Å². The molecule has 7 heteroatoms. The smallest absolute Gasteiger partial charge is 0.338 e. The zero-order chi connectivity index (χ0) is 19.8. The standard InChI is InChI=1S/C20H21FN2O4/c1-3-23(4-2)19(25)14-7-11-17(12-8-14)22-18(24)13-27-20(26)15-5-9-16(21)10-6-15/h5-12H,3-4,13H2,1-2H3,(H,22,24). The van der Waals surface area contributed by atoms with Crippen LogP contribution in [0.15, 0.2) is 48.5 Å². The van der Waals surface area contributed by atoms with Gasteiger partial charge in [-0.3, -0.25) is 9.59 Å². The van der Waals surface area contributed by atoms with Crippen molar-refractivity contribution in [2.45, 2.75) is 13.8 Å². The molecule has 0 atom stereocenters. The van der Waals surface area contributed by atoms with Crippen LogP contribution in [0.4, 0.5) is 10.1 Å². The SMILES string of the molecule is CCN(CC)C(=O)c1ccc(NC(=O)COC(=O)c2ccc(F)cc2)cc1. The molecule has 0 radical (unpaired) electrons. The number of ether oxygens (including phenoxy) is 1. The Morgan fingerprint density at radius 2 is 1.48 bits per heavy atom. The number of benzene rings is 2. The average Bonchev–Trinajstić information content (AvgIpc) is 2.68. The summed E-state index contributed by atoms with van der Waals surface area (Å²) in [5, 5.41) is 2.58. The molecule has 0 unspecified atom stereocenters. The number of rotatable bonds is 7. The number of nitrogens with one attached hydrogen (secondary N) is 1. The largest absolute Gasteiger partial charge is 0.452 e. The molecule has 0 spiro atoms. The van der Waals surface area contributed by atoms with Crippen molar-refractivity contribution in [3.05, 3.63) is 65.5 Å². The first-order valence-corrected chi connectivity index (χ1v) is 8.56. The molecule has 6 nitrogen and oxygen atoms in total. The Morgan fingerprint density at radius 1 is 0.926 bits per heavy atom. The van der Waals surface area contributed by atoms with Gasteiger partial charge in [-0.1, -0.05) is 0 Å². The summed E-state index contributed by atoms with van der Waals surface area (Å²) in [4.78, 5) is 37.6. The first-order chi connectivity index (χ1) is 12.9. The Bertz CT molecular complexity index is 800. The van der Waals surface area contributed by atoms with Crippen LogP contribution in [-0.2, 0) is 9.53 Å². The van der Waals surface area contributed by atoms with E-state index in [0.29, 0.717) is 24.3 Å².